The van der Waals surface area contributed by atoms with Gasteiger partial charge in [0, 0.05) is 5.56 Å². The maximum absolute atomic E-state index is 12.6. The highest BCUT2D eigenvalue weighted by molar-refractivity contribution is 6.32. The highest BCUT2D eigenvalue weighted by atomic mass is 35.5. The van der Waals surface area contributed by atoms with E-state index in [0.29, 0.717) is 17.5 Å². The molecule has 0 aliphatic carbocycles. The standard InChI is InChI=1S/C14H14ClF3N2/c1-3-9-5-4-8(2)6-10(9)12-11(7-14(16,17)18)19-20-13(12)15/h4-6H,3,7H2,1-2H3,(H,19,20). The molecule has 2 aromatic rings. The topological polar surface area (TPSA) is 28.7 Å². The SMILES string of the molecule is CCc1ccc(C)cc1-c1c(Cl)n[nH]c1CC(F)(F)F. The van der Waals surface area contributed by atoms with Crippen LogP contribution in [0.5, 0.6) is 0 Å². The zero-order valence-corrected chi connectivity index (χ0v) is 11.9. The Balaban J connectivity index is 2.58. The Kier molecular flexibility index (Phi) is 4.09. The van der Waals surface area contributed by atoms with Crippen molar-refractivity contribution in [3.8, 4) is 11.1 Å². The van der Waals surface area contributed by atoms with Gasteiger partial charge in [0.1, 0.15) is 0 Å². The molecule has 0 atom stereocenters. The minimum absolute atomic E-state index is 0.00259. The Morgan fingerprint density at radius 2 is 2.00 bits per heavy atom. The molecule has 0 saturated carbocycles. The van der Waals surface area contributed by atoms with Crippen LogP contribution < -0.4 is 0 Å². The number of hydrogen-bond acceptors (Lipinski definition) is 1. The van der Waals surface area contributed by atoms with E-state index in [4.69, 9.17) is 11.6 Å². The number of nitrogens with zero attached hydrogens (tertiary/aromatic N) is 1. The molecule has 0 aliphatic heterocycles. The van der Waals surface area contributed by atoms with Crippen molar-refractivity contribution in [1.29, 1.82) is 0 Å². The van der Waals surface area contributed by atoms with Gasteiger partial charge in [-0.05, 0) is 24.5 Å². The minimum Gasteiger partial charge on any atom is -0.280 e. The average Bonchev–Trinajstić information content (AvgIpc) is 2.68. The maximum Gasteiger partial charge on any atom is 0.394 e. The molecule has 2 nitrogen and oxygen atoms in total. The zero-order chi connectivity index (χ0) is 14.9. The summed E-state index contributed by atoms with van der Waals surface area (Å²) in [6, 6.07) is 5.68. The average molecular weight is 303 g/mol. The first kappa shape index (κ1) is 14.9. The summed E-state index contributed by atoms with van der Waals surface area (Å²) in [6.07, 6.45) is -4.66. The fourth-order valence-electron chi connectivity index (χ4n) is 2.19. The van der Waals surface area contributed by atoms with Crippen LogP contribution in [0.15, 0.2) is 18.2 Å². The number of nitrogens with one attached hydrogen (secondary N) is 1. The van der Waals surface area contributed by atoms with E-state index in [1.807, 2.05) is 32.0 Å². The van der Waals surface area contributed by atoms with Crippen LogP contribution in [0.3, 0.4) is 0 Å². The van der Waals surface area contributed by atoms with Gasteiger partial charge in [-0.1, -0.05) is 42.3 Å². The minimum atomic E-state index is -4.30. The van der Waals surface area contributed by atoms with E-state index in [-0.39, 0.29) is 10.8 Å². The summed E-state index contributed by atoms with van der Waals surface area (Å²) in [7, 11) is 0. The van der Waals surface area contributed by atoms with E-state index in [9.17, 15) is 13.2 Å². The van der Waals surface area contributed by atoms with Crippen LogP contribution in [0.25, 0.3) is 11.1 Å². The van der Waals surface area contributed by atoms with Crippen molar-refractivity contribution in [2.75, 3.05) is 0 Å². The molecule has 1 aromatic carbocycles. The van der Waals surface area contributed by atoms with Crippen LogP contribution in [0.1, 0.15) is 23.7 Å². The van der Waals surface area contributed by atoms with Crippen molar-refractivity contribution in [1.82, 2.24) is 10.2 Å². The summed E-state index contributed by atoms with van der Waals surface area (Å²) in [5, 5.41) is 6.19. The smallest absolute Gasteiger partial charge is 0.280 e. The molecule has 1 heterocycles. The third kappa shape index (κ3) is 3.15. The number of aryl methyl sites for hydroxylation is 2. The molecule has 2 rings (SSSR count). The van der Waals surface area contributed by atoms with Crippen LogP contribution >= 0.6 is 11.6 Å². The van der Waals surface area contributed by atoms with Gasteiger partial charge in [0.05, 0.1) is 12.1 Å². The summed E-state index contributed by atoms with van der Waals surface area (Å²) in [6.45, 7) is 3.84. The molecule has 6 heteroatoms. The van der Waals surface area contributed by atoms with Crippen LogP contribution in [-0.4, -0.2) is 16.4 Å². The largest absolute Gasteiger partial charge is 0.394 e. The Labute approximate surface area is 120 Å². The zero-order valence-electron chi connectivity index (χ0n) is 11.1. The molecule has 0 bridgehead atoms. The van der Waals surface area contributed by atoms with Crippen molar-refractivity contribution in [3.63, 3.8) is 0 Å². The second-order valence-electron chi connectivity index (χ2n) is 4.67. The molecule has 0 fully saturated rings. The number of alkyl halides is 3. The van der Waals surface area contributed by atoms with Gasteiger partial charge in [0.25, 0.3) is 0 Å². The van der Waals surface area contributed by atoms with Gasteiger partial charge in [0.2, 0.25) is 0 Å². The first-order valence-corrected chi connectivity index (χ1v) is 6.59. The second kappa shape index (κ2) is 5.48. The number of aromatic amines is 1. The van der Waals surface area contributed by atoms with Crippen LogP contribution in [0.4, 0.5) is 13.2 Å². The summed E-state index contributed by atoms with van der Waals surface area (Å²) < 4.78 is 37.9. The highest BCUT2D eigenvalue weighted by Crippen LogP contribution is 2.35. The molecule has 0 unspecified atom stereocenters. The fraction of sp³-hybridized carbons (Fsp3) is 0.357. The monoisotopic (exact) mass is 302 g/mol. The molecule has 108 valence electrons. The molecule has 1 aromatic heterocycles. The van der Waals surface area contributed by atoms with Gasteiger partial charge in [-0.2, -0.15) is 18.3 Å². The molecular formula is C14H14ClF3N2. The first-order valence-electron chi connectivity index (χ1n) is 6.21. The lowest BCUT2D eigenvalue weighted by atomic mass is 9.95. The summed E-state index contributed by atoms with van der Waals surface area (Å²) in [5.74, 6) is 0. The molecule has 0 saturated heterocycles. The second-order valence-corrected chi connectivity index (χ2v) is 5.03. The lowest BCUT2D eigenvalue weighted by Gasteiger charge is -2.11. The molecular weight excluding hydrogens is 289 g/mol. The Bertz CT molecular complexity index is 617. The van der Waals surface area contributed by atoms with Crippen molar-refractivity contribution in [3.05, 3.63) is 40.2 Å². The lowest BCUT2D eigenvalue weighted by molar-refractivity contribution is -0.127. The molecule has 1 N–H and O–H groups in total. The summed E-state index contributed by atoms with van der Waals surface area (Å²) in [5.41, 5.74) is 2.98. The van der Waals surface area contributed by atoms with E-state index < -0.39 is 12.6 Å². The van der Waals surface area contributed by atoms with E-state index in [2.05, 4.69) is 10.2 Å². The predicted molar refractivity (Wildman–Crippen MR) is 72.9 cm³/mol. The van der Waals surface area contributed by atoms with Crippen molar-refractivity contribution >= 4 is 11.6 Å². The van der Waals surface area contributed by atoms with Crippen LogP contribution in [0.2, 0.25) is 5.15 Å². The van der Waals surface area contributed by atoms with Crippen molar-refractivity contribution in [2.45, 2.75) is 32.9 Å². The molecule has 0 radical (unpaired) electrons. The normalized spacial score (nSPS) is 11.9. The first-order chi connectivity index (χ1) is 9.31. The number of hydrogen-bond donors (Lipinski definition) is 1. The van der Waals surface area contributed by atoms with Crippen molar-refractivity contribution in [2.24, 2.45) is 0 Å². The molecule has 20 heavy (non-hydrogen) atoms. The Hall–Kier alpha value is -1.49. The lowest BCUT2D eigenvalue weighted by Crippen LogP contribution is -2.12. The van der Waals surface area contributed by atoms with Gasteiger partial charge in [0.15, 0.2) is 5.15 Å². The fourth-order valence-corrected chi connectivity index (χ4v) is 2.44. The molecule has 0 spiro atoms. The summed E-state index contributed by atoms with van der Waals surface area (Å²) >= 11 is 5.98. The van der Waals surface area contributed by atoms with E-state index in [1.54, 1.807) is 0 Å². The highest BCUT2D eigenvalue weighted by Gasteiger charge is 2.31. The molecule has 0 aliphatic rings. The van der Waals surface area contributed by atoms with E-state index in [0.717, 1.165) is 11.1 Å². The number of H-pyrrole nitrogens is 1. The van der Waals surface area contributed by atoms with Crippen LogP contribution in [0, 0.1) is 6.92 Å². The number of aromatic nitrogens is 2. The Morgan fingerprint density at radius 3 is 2.60 bits per heavy atom. The van der Waals surface area contributed by atoms with Gasteiger partial charge in [-0.15, -0.1) is 0 Å². The van der Waals surface area contributed by atoms with Crippen molar-refractivity contribution < 1.29 is 13.2 Å². The quantitative estimate of drug-likeness (QED) is 0.874. The third-order valence-electron chi connectivity index (χ3n) is 3.09. The van der Waals surface area contributed by atoms with Gasteiger partial charge in [-0.3, -0.25) is 5.10 Å². The summed E-state index contributed by atoms with van der Waals surface area (Å²) in [4.78, 5) is 0. The van der Waals surface area contributed by atoms with E-state index >= 15 is 0 Å². The number of benzene rings is 1. The van der Waals surface area contributed by atoms with E-state index in [1.165, 1.54) is 0 Å². The van der Waals surface area contributed by atoms with Gasteiger partial charge in [-0.25, -0.2) is 0 Å². The third-order valence-corrected chi connectivity index (χ3v) is 3.36. The van der Waals surface area contributed by atoms with Gasteiger partial charge < -0.3 is 0 Å². The van der Waals surface area contributed by atoms with Gasteiger partial charge >= 0.3 is 6.18 Å². The Morgan fingerprint density at radius 1 is 1.30 bits per heavy atom. The predicted octanol–water partition coefficient (Wildman–Crippen LogP) is 4.71. The maximum atomic E-state index is 12.6. The van der Waals surface area contributed by atoms with Crippen LogP contribution in [-0.2, 0) is 12.8 Å². The molecule has 0 amide bonds. The number of halogens is 4. The number of rotatable bonds is 3.